The molecule has 0 bridgehead atoms. The number of anilines is 2. The maximum absolute atomic E-state index is 12.5. The molecule has 25 heavy (non-hydrogen) atoms. The average molecular weight is 339 g/mol. The first-order valence-electron chi connectivity index (χ1n) is 8.35. The number of rotatable bonds is 5. The topological polar surface area (TPSA) is 71.5 Å². The second-order valence-corrected chi connectivity index (χ2v) is 5.96. The van der Waals surface area contributed by atoms with Crippen LogP contribution in [0.3, 0.4) is 0 Å². The van der Waals surface area contributed by atoms with E-state index in [1.54, 1.807) is 11.0 Å². The monoisotopic (exact) mass is 339 g/mol. The van der Waals surface area contributed by atoms with Crippen molar-refractivity contribution in [2.75, 3.05) is 23.4 Å². The summed E-state index contributed by atoms with van der Waals surface area (Å²) in [6.07, 6.45) is 0.179. The zero-order valence-corrected chi connectivity index (χ0v) is 14.4. The largest absolute Gasteiger partial charge is 0.492 e. The van der Waals surface area contributed by atoms with Crippen molar-refractivity contribution in [3.63, 3.8) is 0 Å². The Morgan fingerprint density at radius 3 is 2.84 bits per heavy atom. The number of pyridine rings is 1. The van der Waals surface area contributed by atoms with Gasteiger partial charge in [-0.3, -0.25) is 9.59 Å². The van der Waals surface area contributed by atoms with Gasteiger partial charge in [-0.25, -0.2) is 4.98 Å². The van der Waals surface area contributed by atoms with Crippen LogP contribution in [0, 0.1) is 12.8 Å². The molecule has 130 valence electrons. The van der Waals surface area contributed by atoms with Crippen molar-refractivity contribution in [2.24, 2.45) is 5.92 Å². The van der Waals surface area contributed by atoms with E-state index in [2.05, 4.69) is 10.3 Å². The minimum absolute atomic E-state index is 0.0792. The molecule has 2 aromatic rings. The normalized spacial score (nSPS) is 16.8. The summed E-state index contributed by atoms with van der Waals surface area (Å²) in [6, 6.07) is 12.8. The van der Waals surface area contributed by atoms with Gasteiger partial charge in [-0.15, -0.1) is 0 Å². The highest BCUT2D eigenvalue weighted by Gasteiger charge is 2.36. The van der Waals surface area contributed by atoms with E-state index in [1.165, 1.54) is 0 Å². The molecule has 1 aliphatic rings. The van der Waals surface area contributed by atoms with E-state index >= 15 is 0 Å². The van der Waals surface area contributed by atoms with Crippen LogP contribution in [0.1, 0.15) is 19.0 Å². The second kappa shape index (κ2) is 7.34. The van der Waals surface area contributed by atoms with E-state index in [0.717, 1.165) is 5.69 Å². The van der Waals surface area contributed by atoms with E-state index in [0.29, 0.717) is 30.4 Å². The van der Waals surface area contributed by atoms with Gasteiger partial charge in [0.15, 0.2) is 0 Å². The number of aryl methyl sites for hydroxylation is 1. The smallest absolute Gasteiger partial charge is 0.230 e. The van der Waals surface area contributed by atoms with Gasteiger partial charge in [0.1, 0.15) is 11.6 Å². The van der Waals surface area contributed by atoms with Crippen molar-refractivity contribution in [3.05, 3.63) is 48.2 Å². The van der Waals surface area contributed by atoms with E-state index in [4.69, 9.17) is 4.74 Å². The van der Waals surface area contributed by atoms with Crippen LogP contribution in [0.15, 0.2) is 42.5 Å². The molecule has 0 saturated carbocycles. The molecule has 2 heterocycles. The maximum Gasteiger partial charge on any atom is 0.230 e. The maximum atomic E-state index is 12.5. The third-order valence-electron chi connectivity index (χ3n) is 4.09. The van der Waals surface area contributed by atoms with Gasteiger partial charge in [-0.2, -0.15) is 0 Å². The molecular weight excluding hydrogens is 318 g/mol. The minimum atomic E-state index is -0.413. The molecule has 3 rings (SSSR count). The highest BCUT2D eigenvalue weighted by Crippen LogP contribution is 2.33. The fraction of sp³-hybridized carbons (Fsp3) is 0.316. The summed E-state index contributed by atoms with van der Waals surface area (Å²) in [6.45, 7) is 4.61. The molecule has 1 atom stereocenters. The Labute approximate surface area is 146 Å². The van der Waals surface area contributed by atoms with Crippen molar-refractivity contribution in [1.29, 1.82) is 0 Å². The highest BCUT2D eigenvalue weighted by molar-refractivity contribution is 6.03. The Morgan fingerprint density at radius 2 is 2.08 bits per heavy atom. The van der Waals surface area contributed by atoms with Crippen LogP contribution >= 0.6 is 0 Å². The quantitative estimate of drug-likeness (QED) is 0.909. The number of nitrogens with zero attached hydrogens (tertiary/aromatic N) is 2. The van der Waals surface area contributed by atoms with Crippen molar-refractivity contribution >= 4 is 23.3 Å². The van der Waals surface area contributed by atoms with Crippen LogP contribution in [0.4, 0.5) is 11.5 Å². The molecule has 1 aliphatic heterocycles. The van der Waals surface area contributed by atoms with Gasteiger partial charge in [0.2, 0.25) is 11.8 Å². The lowest BCUT2D eigenvalue weighted by Crippen LogP contribution is -2.28. The van der Waals surface area contributed by atoms with Crippen LogP contribution in [-0.4, -0.2) is 29.9 Å². The van der Waals surface area contributed by atoms with Gasteiger partial charge in [-0.05, 0) is 38.1 Å². The third-order valence-corrected chi connectivity index (χ3v) is 4.09. The molecule has 0 radical (unpaired) electrons. The third kappa shape index (κ3) is 3.79. The number of amides is 2. The Bertz CT molecular complexity index is 791. The molecule has 1 aromatic carbocycles. The first-order chi connectivity index (χ1) is 12.1. The minimum Gasteiger partial charge on any atom is -0.492 e. The van der Waals surface area contributed by atoms with Crippen molar-refractivity contribution in [2.45, 2.75) is 20.3 Å². The lowest BCUT2D eigenvalue weighted by molar-refractivity contribution is -0.122. The molecule has 6 nitrogen and oxygen atoms in total. The molecule has 6 heteroatoms. The number of para-hydroxylation sites is 2. The second-order valence-electron chi connectivity index (χ2n) is 5.96. The van der Waals surface area contributed by atoms with Crippen LogP contribution in [0.25, 0.3) is 0 Å². The van der Waals surface area contributed by atoms with Crippen LogP contribution in [0.2, 0.25) is 0 Å². The van der Waals surface area contributed by atoms with Gasteiger partial charge in [-0.1, -0.05) is 18.2 Å². The molecule has 0 spiro atoms. The van der Waals surface area contributed by atoms with E-state index in [-0.39, 0.29) is 18.2 Å². The molecule has 1 aromatic heterocycles. The molecule has 1 N–H and O–H groups in total. The SMILES string of the molecule is CCOc1ccccc1N1C[C@@H](C(=O)Nc2cccc(C)n2)CC1=O. The van der Waals surface area contributed by atoms with Crippen LogP contribution < -0.4 is 15.0 Å². The number of aromatic nitrogens is 1. The van der Waals surface area contributed by atoms with Crippen LogP contribution in [-0.2, 0) is 9.59 Å². The first kappa shape index (κ1) is 17.0. The molecule has 1 fully saturated rings. The number of benzene rings is 1. The van der Waals surface area contributed by atoms with E-state index in [9.17, 15) is 9.59 Å². The first-order valence-corrected chi connectivity index (χ1v) is 8.35. The number of nitrogens with one attached hydrogen (secondary N) is 1. The molecule has 1 saturated heterocycles. The lowest BCUT2D eigenvalue weighted by Gasteiger charge is -2.20. The summed E-state index contributed by atoms with van der Waals surface area (Å²) < 4.78 is 5.60. The van der Waals surface area contributed by atoms with Crippen LogP contribution in [0.5, 0.6) is 5.75 Å². The summed E-state index contributed by atoms with van der Waals surface area (Å²) in [5.74, 6) is 0.474. The lowest BCUT2D eigenvalue weighted by atomic mass is 10.1. The van der Waals surface area contributed by atoms with Gasteiger partial charge < -0.3 is 15.0 Å². The molecule has 0 aliphatic carbocycles. The summed E-state index contributed by atoms with van der Waals surface area (Å²) in [7, 11) is 0. The van der Waals surface area contributed by atoms with E-state index < -0.39 is 5.92 Å². The van der Waals surface area contributed by atoms with Gasteiger partial charge >= 0.3 is 0 Å². The Morgan fingerprint density at radius 1 is 1.28 bits per heavy atom. The average Bonchev–Trinajstić information content (AvgIpc) is 2.97. The van der Waals surface area contributed by atoms with Crippen molar-refractivity contribution < 1.29 is 14.3 Å². The predicted octanol–water partition coefficient (Wildman–Crippen LogP) is 2.78. The molecule has 2 amide bonds. The Hall–Kier alpha value is -2.89. The van der Waals surface area contributed by atoms with Gasteiger partial charge in [0, 0.05) is 18.7 Å². The number of carbonyl (C=O) groups is 2. The summed E-state index contributed by atoms with van der Waals surface area (Å²) in [5.41, 5.74) is 1.53. The highest BCUT2D eigenvalue weighted by atomic mass is 16.5. The standard InChI is InChI=1S/C19H21N3O3/c1-3-25-16-9-5-4-8-15(16)22-12-14(11-18(22)23)19(24)21-17-10-6-7-13(2)20-17/h4-10,14H,3,11-12H2,1-2H3,(H,20,21,24)/t14-/m0/s1. The zero-order valence-electron chi connectivity index (χ0n) is 14.4. The number of hydrogen-bond donors (Lipinski definition) is 1. The molecular formula is C19H21N3O3. The van der Waals surface area contributed by atoms with Gasteiger partial charge in [0.25, 0.3) is 0 Å². The fourth-order valence-electron chi connectivity index (χ4n) is 2.91. The summed E-state index contributed by atoms with van der Waals surface area (Å²) >= 11 is 0. The fourth-order valence-corrected chi connectivity index (χ4v) is 2.91. The Balaban J connectivity index is 1.73. The zero-order chi connectivity index (χ0) is 17.8. The van der Waals surface area contributed by atoms with Crippen molar-refractivity contribution in [1.82, 2.24) is 4.98 Å². The Kier molecular flexibility index (Phi) is 4.97. The summed E-state index contributed by atoms with van der Waals surface area (Å²) in [4.78, 5) is 30.8. The van der Waals surface area contributed by atoms with Gasteiger partial charge in [0.05, 0.1) is 18.2 Å². The van der Waals surface area contributed by atoms with Crippen molar-refractivity contribution in [3.8, 4) is 5.75 Å². The molecule has 0 unspecified atom stereocenters. The number of carbonyl (C=O) groups excluding carboxylic acids is 2. The number of hydrogen-bond acceptors (Lipinski definition) is 4. The van der Waals surface area contributed by atoms with E-state index in [1.807, 2.05) is 50.2 Å². The summed E-state index contributed by atoms with van der Waals surface area (Å²) in [5, 5.41) is 2.80. The number of ether oxygens (including phenoxy) is 1. The predicted molar refractivity (Wildman–Crippen MR) is 95.7 cm³/mol.